The van der Waals surface area contributed by atoms with Crippen molar-refractivity contribution in [1.29, 1.82) is 0 Å². The van der Waals surface area contributed by atoms with E-state index in [1.165, 1.54) is 5.57 Å². The summed E-state index contributed by atoms with van der Waals surface area (Å²) in [5.41, 5.74) is 1.31. The second-order valence-corrected chi connectivity index (χ2v) is 6.64. The first kappa shape index (κ1) is 28.4. The zero-order valence-corrected chi connectivity index (χ0v) is 19.4. The smallest absolute Gasteiger partial charge is 0.407 e. The molecule has 2 N–H and O–H groups in total. The van der Waals surface area contributed by atoms with E-state index in [2.05, 4.69) is 49.6 Å². The summed E-state index contributed by atoms with van der Waals surface area (Å²) in [6.07, 6.45) is 16.6. The number of hydrogen-bond donors (Lipinski definition) is 2. The highest BCUT2D eigenvalue weighted by Gasteiger charge is 2.14. The Kier molecular flexibility index (Phi) is 20.2. The molecule has 3 unspecified atom stereocenters. The van der Waals surface area contributed by atoms with Gasteiger partial charge >= 0.3 is 6.09 Å². The van der Waals surface area contributed by atoms with Crippen molar-refractivity contribution in [1.82, 2.24) is 10.6 Å². The van der Waals surface area contributed by atoms with Crippen LogP contribution in [0.3, 0.4) is 0 Å². The fourth-order valence-corrected chi connectivity index (χ4v) is 2.32. The summed E-state index contributed by atoms with van der Waals surface area (Å²) in [4.78, 5) is 12.0. The summed E-state index contributed by atoms with van der Waals surface area (Å²) >= 11 is 0. The average molecular weight is 393 g/mol. The van der Waals surface area contributed by atoms with Gasteiger partial charge in [-0.1, -0.05) is 82.2 Å². The quantitative estimate of drug-likeness (QED) is 0.390. The van der Waals surface area contributed by atoms with E-state index in [0.29, 0.717) is 5.92 Å². The maximum Gasteiger partial charge on any atom is 0.407 e. The van der Waals surface area contributed by atoms with Crippen LogP contribution >= 0.6 is 0 Å². The average Bonchev–Trinajstić information content (AvgIpc) is 2.68. The molecule has 162 valence electrons. The highest BCUT2D eigenvalue weighted by atomic mass is 16.6. The summed E-state index contributed by atoms with van der Waals surface area (Å²) in [5, 5.41) is 5.96. The van der Waals surface area contributed by atoms with E-state index in [9.17, 15) is 4.79 Å². The maximum absolute atomic E-state index is 12.0. The Morgan fingerprint density at radius 2 is 1.71 bits per heavy atom. The van der Waals surface area contributed by atoms with Gasteiger partial charge in [-0.25, -0.2) is 4.79 Å². The Hall–Kier alpha value is -1.81. The molecule has 0 bridgehead atoms. The molecule has 0 heterocycles. The van der Waals surface area contributed by atoms with Crippen molar-refractivity contribution in [2.75, 3.05) is 13.6 Å². The largest absolute Gasteiger partial charge is 0.446 e. The molecule has 0 aromatic rings. The van der Waals surface area contributed by atoms with Gasteiger partial charge in [0.2, 0.25) is 0 Å². The van der Waals surface area contributed by atoms with Crippen LogP contribution in [-0.4, -0.2) is 31.8 Å². The van der Waals surface area contributed by atoms with Gasteiger partial charge in [-0.2, -0.15) is 0 Å². The first-order valence-electron chi connectivity index (χ1n) is 10.7. The van der Waals surface area contributed by atoms with Crippen LogP contribution in [0.2, 0.25) is 0 Å². The summed E-state index contributed by atoms with van der Waals surface area (Å²) in [6.45, 7) is 15.2. The third kappa shape index (κ3) is 16.4. The Bertz CT molecular complexity index is 493. The Labute approximate surface area is 174 Å². The predicted octanol–water partition coefficient (Wildman–Crippen LogP) is 6.18. The van der Waals surface area contributed by atoms with Gasteiger partial charge in [-0.15, -0.1) is 0 Å². The summed E-state index contributed by atoms with van der Waals surface area (Å²) in [5.74, 6) is 0.381. The van der Waals surface area contributed by atoms with Gasteiger partial charge in [0.05, 0.1) is 0 Å². The van der Waals surface area contributed by atoms with E-state index in [1.54, 1.807) is 0 Å². The van der Waals surface area contributed by atoms with Crippen molar-refractivity contribution in [3.8, 4) is 0 Å². The second-order valence-electron chi connectivity index (χ2n) is 6.64. The Morgan fingerprint density at radius 1 is 1.07 bits per heavy atom. The van der Waals surface area contributed by atoms with Crippen LogP contribution in [0, 0.1) is 5.92 Å². The molecule has 0 spiro atoms. The molecule has 28 heavy (non-hydrogen) atoms. The van der Waals surface area contributed by atoms with Crippen LogP contribution in [0.1, 0.15) is 67.7 Å². The third-order valence-electron chi connectivity index (χ3n) is 4.13. The van der Waals surface area contributed by atoms with Crippen LogP contribution in [0.15, 0.2) is 48.1 Å². The van der Waals surface area contributed by atoms with Crippen molar-refractivity contribution < 1.29 is 9.53 Å². The SMILES string of the molecule is C/C=C\C=C(/C)C(C)/C=C\C=C/C(C)NC(=O)OC(CCC)CCNC.CC. The first-order chi connectivity index (χ1) is 13.4. The number of carbonyl (C=O) groups excluding carboxylic acids is 1. The first-order valence-corrected chi connectivity index (χ1v) is 10.7. The Balaban J connectivity index is 0. The minimum Gasteiger partial charge on any atom is -0.446 e. The summed E-state index contributed by atoms with van der Waals surface area (Å²) < 4.78 is 5.52. The lowest BCUT2D eigenvalue weighted by atomic mass is 10.0. The molecule has 0 aliphatic rings. The lowest BCUT2D eigenvalue weighted by Gasteiger charge is -2.18. The fraction of sp³-hybridized carbons (Fsp3) is 0.625. The molecule has 0 fully saturated rings. The lowest BCUT2D eigenvalue weighted by Crippen LogP contribution is -2.35. The van der Waals surface area contributed by atoms with Crippen LogP contribution in [0.4, 0.5) is 4.79 Å². The Morgan fingerprint density at radius 3 is 2.29 bits per heavy atom. The van der Waals surface area contributed by atoms with Gasteiger partial charge in [-0.3, -0.25) is 0 Å². The number of alkyl carbamates (subject to hydrolysis) is 1. The third-order valence-corrected chi connectivity index (χ3v) is 4.13. The highest BCUT2D eigenvalue weighted by Crippen LogP contribution is 2.11. The van der Waals surface area contributed by atoms with Crippen LogP contribution in [0.25, 0.3) is 0 Å². The topological polar surface area (TPSA) is 50.4 Å². The van der Waals surface area contributed by atoms with E-state index < -0.39 is 0 Å². The van der Waals surface area contributed by atoms with E-state index in [1.807, 2.05) is 59.0 Å². The van der Waals surface area contributed by atoms with Gasteiger partial charge in [0, 0.05) is 6.04 Å². The predicted molar refractivity (Wildman–Crippen MR) is 124 cm³/mol. The fourth-order valence-electron chi connectivity index (χ4n) is 2.32. The van der Waals surface area contributed by atoms with E-state index in [4.69, 9.17) is 4.74 Å². The molecule has 0 saturated carbocycles. The molecule has 0 aromatic carbocycles. The number of ether oxygens (including phenoxy) is 1. The van der Waals surface area contributed by atoms with Gasteiger partial charge in [0.15, 0.2) is 0 Å². The molecule has 0 aromatic heterocycles. The van der Waals surface area contributed by atoms with Gasteiger partial charge < -0.3 is 15.4 Å². The number of allylic oxidation sites excluding steroid dienone is 7. The van der Waals surface area contributed by atoms with Crippen LogP contribution in [0.5, 0.6) is 0 Å². The monoisotopic (exact) mass is 392 g/mol. The molecule has 0 aliphatic heterocycles. The molecule has 0 rings (SSSR count). The number of nitrogens with one attached hydrogen (secondary N) is 2. The van der Waals surface area contributed by atoms with E-state index >= 15 is 0 Å². The number of carbonyl (C=O) groups is 1. The zero-order valence-electron chi connectivity index (χ0n) is 19.4. The van der Waals surface area contributed by atoms with Crippen molar-refractivity contribution in [2.45, 2.75) is 79.9 Å². The van der Waals surface area contributed by atoms with E-state index in [-0.39, 0.29) is 18.2 Å². The minimum absolute atomic E-state index is 0.0312. The molecule has 4 heteroatoms. The van der Waals surface area contributed by atoms with Gasteiger partial charge in [-0.05, 0) is 53.1 Å². The number of hydrogen-bond acceptors (Lipinski definition) is 3. The normalized spacial score (nSPS) is 15.4. The van der Waals surface area contributed by atoms with E-state index in [0.717, 1.165) is 25.8 Å². The molecule has 0 saturated heterocycles. The number of rotatable bonds is 12. The molecule has 0 radical (unpaired) electrons. The molecule has 4 nitrogen and oxygen atoms in total. The molecule has 3 atom stereocenters. The molecular formula is C24H44N2O2. The van der Waals surface area contributed by atoms with Gasteiger partial charge in [0.25, 0.3) is 0 Å². The highest BCUT2D eigenvalue weighted by molar-refractivity contribution is 5.68. The minimum atomic E-state index is -0.348. The van der Waals surface area contributed by atoms with Crippen molar-refractivity contribution in [3.63, 3.8) is 0 Å². The van der Waals surface area contributed by atoms with Crippen molar-refractivity contribution >= 4 is 6.09 Å². The molecule has 1 amide bonds. The second kappa shape index (κ2) is 19.9. The molecule has 0 aliphatic carbocycles. The van der Waals surface area contributed by atoms with Crippen molar-refractivity contribution in [3.05, 3.63) is 48.1 Å². The molecular weight excluding hydrogens is 348 g/mol. The number of amides is 1. The van der Waals surface area contributed by atoms with Gasteiger partial charge in [0.1, 0.15) is 6.10 Å². The standard InChI is InChI=1S/C22H38N2O2.C2H6/c1-7-9-13-18(3)19(4)14-10-11-15-20(5)24-22(25)26-21(12-8-2)16-17-23-6;1-2/h7,9-11,13-15,19-21,23H,8,12,16-17H2,1-6H3,(H,24,25);1-2H3/b9-7-,14-10-,15-11-,18-13+;. The summed E-state index contributed by atoms with van der Waals surface area (Å²) in [6, 6.07) is -0.0753. The van der Waals surface area contributed by atoms with Crippen LogP contribution < -0.4 is 10.6 Å². The summed E-state index contributed by atoms with van der Waals surface area (Å²) in [7, 11) is 1.90. The zero-order chi connectivity index (χ0) is 21.8. The van der Waals surface area contributed by atoms with Crippen molar-refractivity contribution in [2.24, 2.45) is 5.92 Å². The maximum atomic E-state index is 12.0. The lowest BCUT2D eigenvalue weighted by molar-refractivity contribution is 0.0863. The van der Waals surface area contributed by atoms with Crippen LogP contribution in [-0.2, 0) is 4.74 Å².